The van der Waals surface area contributed by atoms with E-state index in [1.807, 2.05) is 38.1 Å². The van der Waals surface area contributed by atoms with Crippen LogP contribution in [0.4, 0.5) is 10.5 Å². The van der Waals surface area contributed by atoms with Crippen LogP contribution in [0.1, 0.15) is 19.4 Å². The van der Waals surface area contributed by atoms with Crippen LogP contribution < -0.4 is 10.6 Å². The topological polar surface area (TPSA) is 54.0 Å². The fraction of sp³-hybridized carbons (Fsp3) is 0.200. The number of halogens is 1. The highest BCUT2D eigenvalue weighted by Crippen LogP contribution is 2.22. The first-order chi connectivity index (χ1) is 9.49. The zero-order valence-corrected chi connectivity index (χ0v) is 12.1. The fourth-order valence-corrected chi connectivity index (χ4v) is 2.02. The molecule has 2 N–H and O–H groups in total. The Bertz CT molecular complexity index is 599. The van der Waals surface area contributed by atoms with Crippen LogP contribution in [0.15, 0.2) is 48.8 Å². The second kappa shape index (κ2) is 5.92. The summed E-state index contributed by atoms with van der Waals surface area (Å²) in [6.45, 7) is 3.85. The van der Waals surface area contributed by atoms with Crippen LogP contribution >= 0.6 is 11.6 Å². The van der Waals surface area contributed by atoms with Gasteiger partial charge in [0.2, 0.25) is 0 Å². The minimum Gasteiger partial charge on any atom is -0.329 e. The van der Waals surface area contributed by atoms with Crippen LogP contribution in [0.25, 0.3) is 0 Å². The van der Waals surface area contributed by atoms with E-state index in [4.69, 9.17) is 11.6 Å². The number of benzene rings is 1. The lowest BCUT2D eigenvalue weighted by Gasteiger charge is -2.26. The summed E-state index contributed by atoms with van der Waals surface area (Å²) < 4.78 is 0. The van der Waals surface area contributed by atoms with Crippen LogP contribution in [-0.2, 0) is 5.54 Å². The quantitative estimate of drug-likeness (QED) is 0.903. The Kier molecular flexibility index (Phi) is 4.25. The Morgan fingerprint density at radius 3 is 2.45 bits per heavy atom. The molecule has 0 aliphatic rings. The number of hydrogen-bond acceptors (Lipinski definition) is 2. The molecule has 4 nitrogen and oxygen atoms in total. The largest absolute Gasteiger partial charge is 0.329 e. The van der Waals surface area contributed by atoms with Gasteiger partial charge in [-0.1, -0.05) is 23.7 Å². The number of anilines is 1. The first-order valence-corrected chi connectivity index (χ1v) is 6.61. The van der Waals surface area contributed by atoms with Crippen molar-refractivity contribution in [3.8, 4) is 0 Å². The van der Waals surface area contributed by atoms with Crippen LogP contribution in [0, 0.1) is 0 Å². The molecule has 1 aromatic carbocycles. The lowest BCUT2D eigenvalue weighted by Crippen LogP contribution is -2.43. The number of urea groups is 1. The zero-order valence-electron chi connectivity index (χ0n) is 11.4. The maximum absolute atomic E-state index is 12.1. The lowest BCUT2D eigenvalue weighted by molar-refractivity contribution is 0.242. The molecule has 5 heteroatoms. The summed E-state index contributed by atoms with van der Waals surface area (Å²) in [5.41, 5.74) is 1.05. The van der Waals surface area contributed by atoms with E-state index in [1.165, 1.54) is 0 Å². The highest BCUT2D eigenvalue weighted by atomic mass is 35.5. The predicted octanol–water partition coefficient (Wildman–Crippen LogP) is 3.79. The monoisotopic (exact) mass is 289 g/mol. The van der Waals surface area contributed by atoms with E-state index < -0.39 is 5.54 Å². The Labute approximate surface area is 123 Å². The molecule has 2 amide bonds. The van der Waals surface area contributed by atoms with E-state index >= 15 is 0 Å². The molecule has 2 rings (SSSR count). The fourth-order valence-electron chi connectivity index (χ4n) is 1.84. The van der Waals surface area contributed by atoms with Crippen molar-refractivity contribution < 1.29 is 4.79 Å². The molecular weight excluding hydrogens is 274 g/mol. The summed E-state index contributed by atoms with van der Waals surface area (Å²) in [6.07, 6.45) is 3.40. The smallest absolute Gasteiger partial charge is 0.319 e. The van der Waals surface area contributed by atoms with Crippen molar-refractivity contribution in [2.24, 2.45) is 0 Å². The molecule has 0 fully saturated rings. The van der Waals surface area contributed by atoms with Crippen LogP contribution in [0.2, 0.25) is 5.02 Å². The van der Waals surface area contributed by atoms with Crippen molar-refractivity contribution in [1.82, 2.24) is 10.3 Å². The SMILES string of the molecule is CC(C)(NC(=O)Nc1ccccc1Cl)c1ccncc1. The maximum atomic E-state index is 12.1. The number of pyridine rings is 1. The minimum atomic E-state index is -0.506. The Morgan fingerprint density at radius 2 is 1.80 bits per heavy atom. The van der Waals surface area contributed by atoms with E-state index in [9.17, 15) is 4.79 Å². The highest BCUT2D eigenvalue weighted by molar-refractivity contribution is 6.33. The average molecular weight is 290 g/mol. The predicted molar refractivity (Wildman–Crippen MR) is 80.9 cm³/mol. The average Bonchev–Trinajstić information content (AvgIpc) is 2.42. The van der Waals surface area contributed by atoms with Crippen molar-refractivity contribution in [3.05, 3.63) is 59.4 Å². The molecule has 0 unspecified atom stereocenters. The summed E-state index contributed by atoms with van der Waals surface area (Å²) in [6, 6.07) is 10.5. The van der Waals surface area contributed by atoms with Crippen molar-refractivity contribution in [1.29, 1.82) is 0 Å². The summed E-state index contributed by atoms with van der Waals surface area (Å²) in [7, 11) is 0. The van der Waals surface area contributed by atoms with E-state index in [1.54, 1.807) is 24.5 Å². The third-order valence-electron chi connectivity index (χ3n) is 2.95. The number of amides is 2. The zero-order chi connectivity index (χ0) is 14.6. The number of rotatable bonds is 3. The number of nitrogens with one attached hydrogen (secondary N) is 2. The molecule has 1 heterocycles. The van der Waals surface area contributed by atoms with Crippen molar-refractivity contribution in [3.63, 3.8) is 0 Å². The molecule has 2 aromatic rings. The third kappa shape index (κ3) is 3.48. The Balaban J connectivity index is 2.07. The second-order valence-electron chi connectivity index (χ2n) is 4.92. The molecule has 0 saturated heterocycles. The van der Waals surface area contributed by atoms with Gasteiger partial charge >= 0.3 is 6.03 Å². The Hall–Kier alpha value is -2.07. The van der Waals surface area contributed by atoms with Gasteiger partial charge in [0.05, 0.1) is 16.2 Å². The van der Waals surface area contributed by atoms with E-state index in [0.717, 1.165) is 5.56 Å². The van der Waals surface area contributed by atoms with Gasteiger partial charge in [0, 0.05) is 12.4 Å². The van der Waals surface area contributed by atoms with Gasteiger partial charge in [0.15, 0.2) is 0 Å². The number of carbonyl (C=O) groups excluding carboxylic acids is 1. The van der Waals surface area contributed by atoms with E-state index in [2.05, 4.69) is 15.6 Å². The molecule has 0 atom stereocenters. The number of nitrogens with zero attached hydrogens (tertiary/aromatic N) is 1. The number of hydrogen-bond donors (Lipinski definition) is 2. The molecule has 0 radical (unpaired) electrons. The summed E-state index contributed by atoms with van der Waals surface area (Å²) in [4.78, 5) is 16.0. The number of carbonyl (C=O) groups is 1. The van der Waals surface area contributed by atoms with E-state index in [-0.39, 0.29) is 6.03 Å². The normalized spacial score (nSPS) is 10.9. The first kappa shape index (κ1) is 14.3. The highest BCUT2D eigenvalue weighted by Gasteiger charge is 2.22. The molecule has 0 saturated carbocycles. The van der Waals surface area contributed by atoms with Crippen molar-refractivity contribution in [2.45, 2.75) is 19.4 Å². The Morgan fingerprint density at radius 1 is 1.15 bits per heavy atom. The van der Waals surface area contributed by atoms with Gasteiger partial charge in [-0.15, -0.1) is 0 Å². The molecule has 1 aromatic heterocycles. The van der Waals surface area contributed by atoms with Gasteiger partial charge in [0.1, 0.15) is 0 Å². The molecule has 0 aliphatic heterocycles. The number of para-hydroxylation sites is 1. The van der Waals surface area contributed by atoms with Gasteiger partial charge in [-0.2, -0.15) is 0 Å². The summed E-state index contributed by atoms with van der Waals surface area (Å²) >= 11 is 6.01. The van der Waals surface area contributed by atoms with Crippen LogP contribution in [-0.4, -0.2) is 11.0 Å². The molecule has 104 valence electrons. The standard InChI is InChI=1S/C15H16ClN3O/c1-15(2,11-7-9-17-10-8-11)19-14(20)18-13-6-4-3-5-12(13)16/h3-10H,1-2H3,(H2,18,19,20). The summed E-state index contributed by atoms with van der Waals surface area (Å²) in [5.74, 6) is 0. The van der Waals surface area contributed by atoms with Crippen LogP contribution in [0.5, 0.6) is 0 Å². The molecule has 0 spiro atoms. The van der Waals surface area contributed by atoms with E-state index in [0.29, 0.717) is 10.7 Å². The minimum absolute atomic E-state index is 0.306. The second-order valence-corrected chi connectivity index (χ2v) is 5.33. The molecule has 0 bridgehead atoms. The first-order valence-electron chi connectivity index (χ1n) is 6.23. The number of aromatic nitrogens is 1. The maximum Gasteiger partial charge on any atom is 0.319 e. The third-order valence-corrected chi connectivity index (χ3v) is 3.28. The molecule has 20 heavy (non-hydrogen) atoms. The van der Waals surface area contributed by atoms with Gasteiger partial charge in [-0.3, -0.25) is 4.98 Å². The van der Waals surface area contributed by atoms with Crippen molar-refractivity contribution >= 4 is 23.3 Å². The van der Waals surface area contributed by atoms with Gasteiger partial charge in [0.25, 0.3) is 0 Å². The van der Waals surface area contributed by atoms with Crippen LogP contribution in [0.3, 0.4) is 0 Å². The van der Waals surface area contributed by atoms with Gasteiger partial charge < -0.3 is 10.6 Å². The molecular formula is C15H16ClN3O. The van der Waals surface area contributed by atoms with Crippen molar-refractivity contribution in [2.75, 3.05) is 5.32 Å². The van der Waals surface area contributed by atoms with Gasteiger partial charge in [-0.25, -0.2) is 4.79 Å². The summed E-state index contributed by atoms with van der Waals surface area (Å²) in [5, 5.41) is 6.15. The van der Waals surface area contributed by atoms with Gasteiger partial charge in [-0.05, 0) is 43.7 Å². The lowest BCUT2D eigenvalue weighted by atomic mass is 9.96. The molecule has 0 aliphatic carbocycles.